The second kappa shape index (κ2) is 11.4. The van der Waals surface area contributed by atoms with Crippen LogP contribution in [0, 0.1) is 5.92 Å². The molecule has 0 spiro atoms. The SMILES string of the molecule is CC(C)Cc1ccc(C(C)C(=O)O)cc1.CNC[C@H](O)c1cccc(O)c1. The fourth-order valence-corrected chi connectivity index (χ4v) is 2.60. The van der Waals surface area contributed by atoms with Crippen LogP contribution in [0.15, 0.2) is 48.5 Å². The third-order valence-electron chi connectivity index (χ3n) is 4.15. The number of carboxylic acid groups (broad SMARTS) is 1. The number of aliphatic hydroxyl groups is 1. The lowest BCUT2D eigenvalue weighted by Gasteiger charge is -2.09. The standard InChI is InChI=1S/C13H18O2.C9H13NO2/c1-9(2)8-11-4-6-12(7-5-11)10(3)13(14)15;1-10-6-9(12)7-3-2-4-8(11)5-7/h4-7,9-10H,8H2,1-3H3,(H,14,15);2-5,9-12H,6H2,1H3/t;9-/m.0/s1. The van der Waals surface area contributed by atoms with Gasteiger partial charge in [0, 0.05) is 6.54 Å². The maximum Gasteiger partial charge on any atom is 0.310 e. The Morgan fingerprint density at radius 3 is 2.15 bits per heavy atom. The minimum Gasteiger partial charge on any atom is -0.508 e. The van der Waals surface area contributed by atoms with Gasteiger partial charge >= 0.3 is 5.97 Å². The first-order valence-corrected chi connectivity index (χ1v) is 9.17. The highest BCUT2D eigenvalue weighted by Crippen LogP contribution is 2.18. The van der Waals surface area contributed by atoms with Gasteiger partial charge in [0.1, 0.15) is 5.75 Å². The first kappa shape index (κ1) is 22.7. The molecule has 2 atom stereocenters. The largest absolute Gasteiger partial charge is 0.508 e. The number of carboxylic acids is 1. The molecule has 2 aromatic carbocycles. The summed E-state index contributed by atoms with van der Waals surface area (Å²) >= 11 is 0. The topological polar surface area (TPSA) is 89.8 Å². The molecular formula is C22H31NO4. The second-order valence-corrected chi connectivity index (χ2v) is 7.07. The van der Waals surface area contributed by atoms with Gasteiger partial charge in [0.25, 0.3) is 0 Å². The molecule has 0 aliphatic carbocycles. The molecular weight excluding hydrogens is 342 g/mol. The Bertz CT molecular complexity index is 698. The van der Waals surface area contributed by atoms with Crippen molar-refractivity contribution in [3.05, 3.63) is 65.2 Å². The fourth-order valence-electron chi connectivity index (χ4n) is 2.60. The first-order valence-electron chi connectivity index (χ1n) is 9.17. The van der Waals surface area contributed by atoms with Crippen LogP contribution in [0.4, 0.5) is 0 Å². The Labute approximate surface area is 161 Å². The Hall–Kier alpha value is -2.37. The normalized spacial score (nSPS) is 12.8. The fraction of sp³-hybridized carbons (Fsp3) is 0.409. The molecule has 5 heteroatoms. The summed E-state index contributed by atoms with van der Waals surface area (Å²) in [7, 11) is 1.77. The summed E-state index contributed by atoms with van der Waals surface area (Å²) in [5.74, 6) is -0.375. The summed E-state index contributed by atoms with van der Waals surface area (Å²) in [6, 6.07) is 14.5. The number of phenols is 1. The van der Waals surface area contributed by atoms with Crippen LogP contribution in [0.2, 0.25) is 0 Å². The van der Waals surface area contributed by atoms with Crippen molar-refractivity contribution in [3.63, 3.8) is 0 Å². The van der Waals surface area contributed by atoms with Crippen LogP contribution < -0.4 is 5.32 Å². The van der Waals surface area contributed by atoms with Gasteiger partial charge in [-0.2, -0.15) is 0 Å². The summed E-state index contributed by atoms with van der Waals surface area (Å²) in [5.41, 5.74) is 2.87. The summed E-state index contributed by atoms with van der Waals surface area (Å²) in [6.45, 7) is 6.55. The van der Waals surface area contributed by atoms with E-state index in [1.165, 1.54) is 5.56 Å². The van der Waals surface area contributed by atoms with Crippen LogP contribution in [-0.4, -0.2) is 34.9 Å². The number of benzene rings is 2. The molecule has 4 N–H and O–H groups in total. The van der Waals surface area contributed by atoms with Crippen LogP contribution in [0.25, 0.3) is 0 Å². The summed E-state index contributed by atoms with van der Waals surface area (Å²) in [5, 5.41) is 30.3. The third kappa shape index (κ3) is 8.24. The third-order valence-corrected chi connectivity index (χ3v) is 4.15. The number of carbonyl (C=O) groups is 1. The number of aromatic hydroxyl groups is 1. The Morgan fingerprint density at radius 1 is 1.04 bits per heavy atom. The van der Waals surface area contributed by atoms with Crippen molar-refractivity contribution >= 4 is 5.97 Å². The predicted octanol–water partition coefficient (Wildman–Crippen LogP) is 3.72. The molecule has 2 rings (SSSR count). The van der Waals surface area contributed by atoms with Gasteiger partial charge in [-0.3, -0.25) is 4.79 Å². The lowest BCUT2D eigenvalue weighted by Crippen LogP contribution is -2.16. The van der Waals surface area contributed by atoms with Gasteiger partial charge in [-0.1, -0.05) is 50.2 Å². The molecule has 1 unspecified atom stereocenters. The Balaban J connectivity index is 0.000000277. The summed E-state index contributed by atoms with van der Waals surface area (Å²) in [4.78, 5) is 10.8. The van der Waals surface area contributed by atoms with Gasteiger partial charge in [-0.05, 0) is 55.1 Å². The highest BCUT2D eigenvalue weighted by atomic mass is 16.4. The highest BCUT2D eigenvalue weighted by Gasteiger charge is 2.12. The van der Waals surface area contributed by atoms with Crippen LogP contribution in [0.5, 0.6) is 5.75 Å². The molecule has 5 nitrogen and oxygen atoms in total. The van der Waals surface area contributed by atoms with Crippen molar-refractivity contribution in [1.82, 2.24) is 5.32 Å². The van der Waals surface area contributed by atoms with Crippen molar-refractivity contribution in [1.29, 1.82) is 0 Å². The molecule has 0 fully saturated rings. The lowest BCUT2D eigenvalue weighted by molar-refractivity contribution is -0.138. The molecule has 0 bridgehead atoms. The van der Waals surface area contributed by atoms with E-state index >= 15 is 0 Å². The molecule has 0 aromatic heterocycles. The van der Waals surface area contributed by atoms with E-state index in [4.69, 9.17) is 10.2 Å². The average molecular weight is 373 g/mol. The molecule has 0 saturated carbocycles. The number of hydrogen-bond acceptors (Lipinski definition) is 4. The molecule has 0 radical (unpaired) electrons. The zero-order valence-electron chi connectivity index (χ0n) is 16.5. The number of aliphatic carboxylic acids is 1. The van der Waals surface area contributed by atoms with Gasteiger partial charge in [0.15, 0.2) is 0 Å². The second-order valence-electron chi connectivity index (χ2n) is 7.07. The van der Waals surface area contributed by atoms with Crippen molar-refractivity contribution in [3.8, 4) is 5.75 Å². The molecule has 0 aliphatic heterocycles. The predicted molar refractivity (Wildman–Crippen MR) is 108 cm³/mol. The van der Waals surface area contributed by atoms with Crippen LogP contribution >= 0.6 is 0 Å². The van der Waals surface area contributed by atoms with E-state index in [0.29, 0.717) is 12.5 Å². The number of phenolic OH excluding ortho intramolecular Hbond substituents is 1. The average Bonchev–Trinajstić information content (AvgIpc) is 2.62. The smallest absolute Gasteiger partial charge is 0.310 e. The van der Waals surface area contributed by atoms with Gasteiger partial charge < -0.3 is 20.6 Å². The minimum atomic E-state index is -0.772. The van der Waals surface area contributed by atoms with E-state index in [9.17, 15) is 9.90 Å². The van der Waals surface area contributed by atoms with E-state index in [1.807, 2.05) is 24.3 Å². The summed E-state index contributed by atoms with van der Waals surface area (Å²) in [6.07, 6.45) is 0.490. The Kier molecular flexibility index (Phi) is 9.54. The molecule has 0 heterocycles. The maximum atomic E-state index is 10.8. The van der Waals surface area contributed by atoms with Crippen molar-refractivity contribution in [2.45, 2.75) is 39.2 Å². The molecule has 148 valence electrons. The van der Waals surface area contributed by atoms with E-state index in [2.05, 4.69) is 19.2 Å². The monoisotopic (exact) mass is 373 g/mol. The van der Waals surface area contributed by atoms with Crippen LogP contribution in [0.1, 0.15) is 49.5 Å². The Morgan fingerprint density at radius 2 is 1.67 bits per heavy atom. The van der Waals surface area contributed by atoms with Crippen LogP contribution in [0.3, 0.4) is 0 Å². The van der Waals surface area contributed by atoms with E-state index in [0.717, 1.165) is 17.5 Å². The van der Waals surface area contributed by atoms with Gasteiger partial charge in [-0.15, -0.1) is 0 Å². The van der Waals surface area contributed by atoms with Crippen molar-refractivity contribution in [2.75, 3.05) is 13.6 Å². The first-order chi connectivity index (χ1) is 12.7. The molecule has 0 amide bonds. The van der Waals surface area contributed by atoms with Gasteiger partial charge in [0.05, 0.1) is 12.0 Å². The number of rotatable bonds is 7. The van der Waals surface area contributed by atoms with Crippen molar-refractivity contribution in [2.24, 2.45) is 5.92 Å². The maximum absolute atomic E-state index is 10.8. The number of nitrogens with one attached hydrogen (secondary N) is 1. The van der Waals surface area contributed by atoms with Gasteiger partial charge in [0.2, 0.25) is 0 Å². The molecule has 0 saturated heterocycles. The van der Waals surface area contributed by atoms with Crippen molar-refractivity contribution < 1.29 is 20.1 Å². The van der Waals surface area contributed by atoms with E-state index in [1.54, 1.807) is 38.2 Å². The number of aliphatic hydroxyl groups excluding tert-OH is 1. The van der Waals surface area contributed by atoms with Gasteiger partial charge in [-0.25, -0.2) is 0 Å². The molecule has 2 aromatic rings. The van der Waals surface area contributed by atoms with E-state index in [-0.39, 0.29) is 5.75 Å². The zero-order valence-corrected chi connectivity index (χ0v) is 16.5. The van der Waals surface area contributed by atoms with E-state index < -0.39 is 18.0 Å². The highest BCUT2D eigenvalue weighted by molar-refractivity contribution is 5.75. The lowest BCUT2D eigenvalue weighted by atomic mass is 9.97. The molecule has 27 heavy (non-hydrogen) atoms. The zero-order chi connectivity index (χ0) is 20.4. The van der Waals surface area contributed by atoms with Crippen LogP contribution in [-0.2, 0) is 11.2 Å². The minimum absolute atomic E-state index is 0.183. The summed E-state index contributed by atoms with van der Waals surface area (Å²) < 4.78 is 0. The number of likely N-dealkylation sites (N-methyl/N-ethyl adjacent to an activating group) is 1. The number of hydrogen-bond donors (Lipinski definition) is 4. The quantitative estimate of drug-likeness (QED) is 0.594. The molecule has 0 aliphatic rings.